The number of alkyl halides is 3. The topological polar surface area (TPSA) is 92.2 Å². The lowest BCUT2D eigenvalue weighted by atomic mass is 9.79. The average molecular weight is 451 g/mol. The number of thiazole rings is 1. The molecule has 1 amide bonds. The van der Waals surface area contributed by atoms with Crippen LogP contribution in [0.3, 0.4) is 0 Å². The molecule has 8 nitrogen and oxygen atoms in total. The van der Waals surface area contributed by atoms with Gasteiger partial charge in [0.05, 0.1) is 25.8 Å². The van der Waals surface area contributed by atoms with Gasteiger partial charge in [0.15, 0.2) is 0 Å². The highest BCUT2D eigenvalue weighted by Crippen LogP contribution is 2.35. The molecule has 0 aromatic carbocycles. The van der Waals surface area contributed by atoms with Crippen LogP contribution >= 0.6 is 11.3 Å². The van der Waals surface area contributed by atoms with E-state index in [1.807, 2.05) is 11.6 Å². The smallest absolute Gasteiger partial charge is 0.475 e. The van der Waals surface area contributed by atoms with Gasteiger partial charge in [-0.05, 0) is 19.3 Å². The maximum atomic E-state index is 12.8. The third kappa shape index (κ3) is 5.90. The molecule has 3 aliphatic heterocycles. The van der Waals surface area contributed by atoms with Gasteiger partial charge in [-0.1, -0.05) is 0 Å². The van der Waals surface area contributed by atoms with Crippen molar-refractivity contribution >= 4 is 23.2 Å². The zero-order valence-corrected chi connectivity index (χ0v) is 17.0. The molecular weight excluding hydrogens is 427 g/mol. The van der Waals surface area contributed by atoms with Crippen LogP contribution in [0.2, 0.25) is 0 Å². The van der Waals surface area contributed by atoms with Crippen LogP contribution in [0.5, 0.6) is 0 Å². The Hall–Kier alpha value is -1.76. The molecule has 0 unspecified atom stereocenters. The molecule has 0 aliphatic carbocycles. The van der Waals surface area contributed by atoms with E-state index in [4.69, 9.17) is 19.5 Å². The first-order valence-electron chi connectivity index (χ1n) is 9.72. The number of carboxylic acid groups (broad SMARTS) is 1. The number of nitrogens with zero attached hydrogens (tertiary/aromatic N) is 3. The zero-order chi connectivity index (χ0) is 21.7. The van der Waals surface area contributed by atoms with Crippen LogP contribution in [-0.2, 0) is 25.7 Å². The van der Waals surface area contributed by atoms with Crippen molar-refractivity contribution in [3.63, 3.8) is 0 Å². The van der Waals surface area contributed by atoms with Gasteiger partial charge in [-0.3, -0.25) is 14.5 Å². The second kappa shape index (κ2) is 10.0. The van der Waals surface area contributed by atoms with Gasteiger partial charge < -0.3 is 9.84 Å². The van der Waals surface area contributed by atoms with Gasteiger partial charge in [-0.2, -0.15) is 13.2 Å². The monoisotopic (exact) mass is 451 g/mol. The molecule has 1 N–H and O–H groups in total. The number of rotatable bonds is 3. The van der Waals surface area contributed by atoms with Gasteiger partial charge >= 0.3 is 12.1 Å². The Labute approximate surface area is 175 Å². The first-order valence-corrected chi connectivity index (χ1v) is 10.6. The molecule has 3 aliphatic rings. The minimum atomic E-state index is -5.08. The predicted octanol–water partition coefficient (Wildman–Crippen LogP) is 2.17. The van der Waals surface area contributed by atoms with Crippen LogP contribution in [0, 0.1) is 11.8 Å². The van der Waals surface area contributed by atoms with Crippen molar-refractivity contribution in [2.75, 3.05) is 32.8 Å². The third-order valence-corrected chi connectivity index (χ3v) is 6.12. The van der Waals surface area contributed by atoms with Gasteiger partial charge in [0, 0.05) is 43.1 Å². The van der Waals surface area contributed by atoms with Crippen molar-refractivity contribution in [1.82, 2.24) is 14.9 Å². The summed E-state index contributed by atoms with van der Waals surface area (Å²) in [4.78, 5) is 34.0. The van der Waals surface area contributed by atoms with E-state index in [-0.39, 0.29) is 23.8 Å². The normalized spacial score (nSPS) is 27.2. The van der Waals surface area contributed by atoms with Crippen LogP contribution in [0.1, 0.15) is 24.3 Å². The fourth-order valence-electron chi connectivity index (χ4n) is 3.96. The number of amides is 1. The number of hydrogen-bond donors (Lipinski definition) is 1. The van der Waals surface area contributed by atoms with Gasteiger partial charge in [0.25, 0.3) is 0 Å². The van der Waals surface area contributed by atoms with Gasteiger partial charge in [-0.25, -0.2) is 14.8 Å². The molecule has 0 bridgehead atoms. The second-order valence-corrected chi connectivity index (χ2v) is 8.33. The minimum absolute atomic E-state index is 0.0333. The quantitative estimate of drug-likeness (QED) is 0.753. The molecule has 0 radical (unpaired) electrons. The molecule has 1 aromatic rings. The summed E-state index contributed by atoms with van der Waals surface area (Å²) in [6.45, 7) is 4.89. The summed E-state index contributed by atoms with van der Waals surface area (Å²) < 4.78 is 37.7. The molecular formula is C18H24F3N3O5S. The minimum Gasteiger partial charge on any atom is -0.475 e. The third-order valence-electron chi connectivity index (χ3n) is 5.35. The SMILES string of the molecule is O=C(O)C(F)(F)F.O=C([C@@H]1CCO[C@@H]2CCN(Cc3nccs3)C[C@H]21)N1CCCO1. The summed E-state index contributed by atoms with van der Waals surface area (Å²) in [5, 5.41) is 11.9. The predicted molar refractivity (Wildman–Crippen MR) is 99.3 cm³/mol. The van der Waals surface area contributed by atoms with Crippen molar-refractivity contribution < 1.29 is 37.4 Å². The average Bonchev–Trinajstić information content (AvgIpc) is 3.41. The molecule has 12 heteroatoms. The molecule has 3 saturated heterocycles. The number of hydroxylamine groups is 2. The number of piperidine rings is 1. The van der Waals surface area contributed by atoms with Crippen LogP contribution in [0.25, 0.3) is 0 Å². The molecule has 0 saturated carbocycles. The summed E-state index contributed by atoms with van der Waals surface area (Å²) in [6.07, 6.45) is -0.258. The molecule has 0 spiro atoms. The number of halogens is 3. The molecule has 30 heavy (non-hydrogen) atoms. The first-order chi connectivity index (χ1) is 14.3. The maximum Gasteiger partial charge on any atom is 0.490 e. The fraction of sp³-hybridized carbons (Fsp3) is 0.722. The van der Waals surface area contributed by atoms with E-state index in [0.717, 1.165) is 50.4 Å². The lowest BCUT2D eigenvalue weighted by Crippen LogP contribution is -2.53. The van der Waals surface area contributed by atoms with Crippen molar-refractivity contribution in [2.24, 2.45) is 11.8 Å². The van der Waals surface area contributed by atoms with Crippen LogP contribution < -0.4 is 0 Å². The number of likely N-dealkylation sites (tertiary alicyclic amines) is 1. The van der Waals surface area contributed by atoms with Crippen molar-refractivity contribution in [2.45, 2.75) is 38.1 Å². The van der Waals surface area contributed by atoms with Crippen molar-refractivity contribution in [3.05, 3.63) is 16.6 Å². The number of aliphatic carboxylic acids is 1. The Balaban J connectivity index is 0.000000318. The molecule has 4 rings (SSSR count). The van der Waals surface area contributed by atoms with Gasteiger partial charge in [0.2, 0.25) is 5.91 Å². The standard InChI is InChI=1S/C16H23N3O3S.C2HF3O2/c20-16(19-5-1-7-22-19)12-3-8-21-14-2-6-18(10-13(12)14)11-15-17-4-9-23-15;3-2(4,5)1(6)7/h4,9,12-14H,1-3,5-8,10-11H2;(H,6,7)/t12-,13+,14-;/m1./s1. The Morgan fingerprint density at radius 3 is 2.63 bits per heavy atom. The molecule has 3 fully saturated rings. The van der Waals surface area contributed by atoms with Crippen LogP contribution in [0.4, 0.5) is 13.2 Å². The lowest BCUT2D eigenvalue weighted by molar-refractivity contribution is -0.192. The molecule has 1 aromatic heterocycles. The lowest BCUT2D eigenvalue weighted by Gasteiger charge is -2.44. The number of ether oxygens (including phenoxy) is 1. The van der Waals surface area contributed by atoms with Crippen LogP contribution in [-0.4, -0.2) is 77.1 Å². The molecule has 3 atom stereocenters. The number of fused-ring (bicyclic) bond motifs is 1. The number of hydrogen-bond acceptors (Lipinski definition) is 7. The highest BCUT2D eigenvalue weighted by Gasteiger charge is 2.43. The summed E-state index contributed by atoms with van der Waals surface area (Å²) in [5.74, 6) is -2.29. The van der Waals surface area contributed by atoms with E-state index < -0.39 is 12.1 Å². The van der Waals surface area contributed by atoms with E-state index in [0.29, 0.717) is 13.2 Å². The Morgan fingerprint density at radius 1 is 1.27 bits per heavy atom. The maximum absolute atomic E-state index is 12.8. The zero-order valence-electron chi connectivity index (χ0n) is 16.2. The van der Waals surface area contributed by atoms with Gasteiger partial charge in [-0.15, -0.1) is 11.3 Å². The van der Waals surface area contributed by atoms with E-state index in [9.17, 15) is 18.0 Å². The van der Waals surface area contributed by atoms with E-state index in [1.165, 1.54) is 0 Å². The fourth-order valence-corrected chi connectivity index (χ4v) is 4.62. The molecule has 168 valence electrons. The Bertz CT molecular complexity index is 712. The summed E-state index contributed by atoms with van der Waals surface area (Å²) in [7, 11) is 0. The summed E-state index contributed by atoms with van der Waals surface area (Å²) in [6, 6.07) is 0. The summed E-state index contributed by atoms with van der Waals surface area (Å²) >= 11 is 1.69. The second-order valence-electron chi connectivity index (χ2n) is 7.35. The van der Waals surface area contributed by atoms with E-state index in [2.05, 4.69) is 9.88 Å². The molecule has 4 heterocycles. The first kappa shape index (κ1) is 22.9. The summed E-state index contributed by atoms with van der Waals surface area (Å²) in [5.41, 5.74) is 0. The number of carboxylic acids is 1. The number of aromatic nitrogens is 1. The largest absolute Gasteiger partial charge is 0.490 e. The highest BCUT2D eigenvalue weighted by atomic mass is 32.1. The van der Waals surface area contributed by atoms with Crippen LogP contribution in [0.15, 0.2) is 11.6 Å². The van der Waals surface area contributed by atoms with E-state index in [1.54, 1.807) is 16.4 Å². The van der Waals surface area contributed by atoms with Gasteiger partial charge in [0.1, 0.15) is 5.01 Å². The van der Waals surface area contributed by atoms with Crippen molar-refractivity contribution in [3.8, 4) is 0 Å². The van der Waals surface area contributed by atoms with Crippen molar-refractivity contribution in [1.29, 1.82) is 0 Å². The number of carbonyl (C=O) groups excluding carboxylic acids is 1. The number of carbonyl (C=O) groups is 2. The van der Waals surface area contributed by atoms with E-state index >= 15 is 0 Å². The highest BCUT2D eigenvalue weighted by molar-refractivity contribution is 7.09. The Kier molecular flexibility index (Phi) is 7.66. The Morgan fingerprint density at radius 2 is 2.03 bits per heavy atom.